The van der Waals surface area contributed by atoms with Crippen molar-refractivity contribution in [3.8, 4) is 0 Å². The van der Waals surface area contributed by atoms with Crippen LogP contribution in [0.1, 0.15) is 10.9 Å². The molecule has 0 aliphatic rings. The average Bonchev–Trinajstić information content (AvgIpc) is 2.67. The Hall–Kier alpha value is -0.0300. The third-order valence-electron chi connectivity index (χ3n) is 2.09. The standard InChI is InChI=1S/C10H18N2S2/c1-12(5-7-13-2)8-9(11)10-4-3-6-14-10/h3-4,6,9H,5,7-8,11H2,1-2H3. The Morgan fingerprint density at radius 3 is 3.00 bits per heavy atom. The molecule has 14 heavy (non-hydrogen) atoms. The minimum Gasteiger partial charge on any atom is -0.322 e. The van der Waals surface area contributed by atoms with E-state index in [9.17, 15) is 0 Å². The van der Waals surface area contributed by atoms with E-state index in [1.165, 1.54) is 10.6 Å². The summed E-state index contributed by atoms with van der Waals surface area (Å²) in [6.45, 7) is 2.06. The fraction of sp³-hybridized carbons (Fsp3) is 0.600. The summed E-state index contributed by atoms with van der Waals surface area (Å²) in [6.07, 6.45) is 2.13. The molecule has 0 spiro atoms. The fourth-order valence-electron chi connectivity index (χ4n) is 1.27. The van der Waals surface area contributed by atoms with Crippen molar-refractivity contribution in [1.82, 2.24) is 4.90 Å². The van der Waals surface area contributed by atoms with Gasteiger partial charge in [-0.05, 0) is 24.7 Å². The van der Waals surface area contributed by atoms with Crippen LogP contribution in [0.15, 0.2) is 17.5 Å². The lowest BCUT2D eigenvalue weighted by molar-refractivity contribution is 0.333. The lowest BCUT2D eigenvalue weighted by atomic mass is 10.2. The number of nitrogens with two attached hydrogens (primary N) is 1. The summed E-state index contributed by atoms with van der Waals surface area (Å²) in [5, 5.41) is 2.08. The number of nitrogens with zero attached hydrogens (tertiary/aromatic N) is 1. The monoisotopic (exact) mass is 230 g/mol. The normalized spacial score (nSPS) is 13.4. The molecule has 1 rings (SSSR count). The molecule has 2 nitrogen and oxygen atoms in total. The highest BCUT2D eigenvalue weighted by Crippen LogP contribution is 2.17. The Morgan fingerprint density at radius 2 is 2.43 bits per heavy atom. The second kappa shape index (κ2) is 6.45. The minimum absolute atomic E-state index is 0.168. The topological polar surface area (TPSA) is 29.3 Å². The van der Waals surface area contributed by atoms with Crippen LogP contribution >= 0.6 is 23.1 Å². The van der Waals surface area contributed by atoms with Crippen LogP contribution in [0.3, 0.4) is 0 Å². The van der Waals surface area contributed by atoms with E-state index in [1.54, 1.807) is 11.3 Å². The van der Waals surface area contributed by atoms with Gasteiger partial charge in [-0.25, -0.2) is 0 Å². The highest BCUT2D eigenvalue weighted by molar-refractivity contribution is 7.98. The molecule has 80 valence electrons. The average molecular weight is 230 g/mol. The molecule has 1 aromatic heterocycles. The Labute approximate surface area is 94.5 Å². The van der Waals surface area contributed by atoms with Crippen molar-refractivity contribution in [2.45, 2.75) is 6.04 Å². The van der Waals surface area contributed by atoms with Crippen molar-refractivity contribution < 1.29 is 0 Å². The first-order chi connectivity index (χ1) is 6.74. The van der Waals surface area contributed by atoms with E-state index in [0.717, 1.165) is 13.1 Å². The zero-order chi connectivity index (χ0) is 10.4. The van der Waals surface area contributed by atoms with E-state index in [2.05, 4.69) is 35.7 Å². The molecule has 1 atom stereocenters. The molecule has 1 heterocycles. The summed E-state index contributed by atoms with van der Waals surface area (Å²) >= 11 is 3.61. The molecule has 0 saturated heterocycles. The highest BCUT2D eigenvalue weighted by atomic mass is 32.2. The second-order valence-corrected chi connectivity index (χ2v) is 5.34. The van der Waals surface area contributed by atoms with Crippen molar-refractivity contribution in [3.05, 3.63) is 22.4 Å². The molecule has 2 N–H and O–H groups in total. The zero-order valence-corrected chi connectivity index (χ0v) is 10.4. The largest absolute Gasteiger partial charge is 0.322 e. The molecule has 0 fully saturated rings. The summed E-state index contributed by atoms with van der Waals surface area (Å²) in [5.41, 5.74) is 6.07. The molecule has 0 radical (unpaired) electrons. The first-order valence-electron chi connectivity index (χ1n) is 4.70. The highest BCUT2D eigenvalue weighted by Gasteiger charge is 2.09. The SMILES string of the molecule is CSCCN(C)CC(N)c1cccs1. The van der Waals surface area contributed by atoms with Crippen molar-refractivity contribution >= 4 is 23.1 Å². The lowest BCUT2D eigenvalue weighted by Crippen LogP contribution is -2.30. The number of likely N-dealkylation sites (N-methyl/N-ethyl adjacent to an activating group) is 1. The van der Waals surface area contributed by atoms with Crippen LogP contribution in [0.5, 0.6) is 0 Å². The molecule has 1 aromatic rings. The van der Waals surface area contributed by atoms with E-state index in [0.29, 0.717) is 0 Å². The first kappa shape index (κ1) is 12.0. The van der Waals surface area contributed by atoms with E-state index >= 15 is 0 Å². The molecule has 0 bridgehead atoms. The van der Waals surface area contributed by atoms with Gasteiger partial charge >= 0.3 is 0 Å². The van der Waals surface area contributed by atoms with Crippen molar-refractivity contribution in [2.24, 2.45) is 5.73 Å². The number of hydrogen-bond donors (Lipinski definition) is 1. The first-order valence-corrected chi connectivity index (χ1v) is 6.98. The summed E-state index contributed by atoms with van der Waals surface area (Å²) in [4.78, 5) is 3.57. The summed E-state index contributed by atoms with van der Waals surface area (Å²) in [7, 11) is 2.13. The maximum absolute atomic E-state index is 6.07. The number of hydrogen-bond acceptors (Lipinski definition) is 4. The molecule has 0 aromatic carbocycles. The van der Waals surface area contributed by atoms with E-state index in [-0.39, 0.29) is 6.04 Å². The molecule has 0 aliphatic heterocycles. The van der Waals surface area contributed by atoms with Crippen LogP contribution in [0.4, 0.5) is 0 Å². The lowest BCUT2D eigenvalue weighted by Gasteiger charge is -2.19. The number of thioether (sulfide) groups is 1. The quantitative estimate of drug-likeness (QED) is 0.811. The van der Waals surface area contributed by atoms with Gasteiger partial charge in [0.15, 0.2) is 0 Å². The third kappa shape index (κ3) is 4.00. The van der Waals surface area contributed by atoms with Crippen LogP contribution in [0.25, 0.3) is 0 Å². The van der Waals surface area contributed by atoms with Crippen LogP contribution in [0.2, 0.25) is 0 Å². The van der Waals surface area contributed by atoms with E-state index in [4.69, 9.17) is 5.73 Å². The van der Waals surface area contributed by atoms with Gasteiger partial charge in [0.05, 0.1) is 6.04 Å². The summed E-state index contributed by atoms with van der Waals surface area (Å²) in [6, 6.07) is 4.33. The van der Waals surface area contributed by atoms with E-state index in [1.807, 2.05) is 11.8 Å². The van der Waals surface area contributed by atoms with Crippen LogP contribution in [-0.2, 0) is 0 Å². The Morgan fingerprint density at radius 1 is 1.64 bits per heavy atom. The molecular formula is C10H18N2S2. The van der Waals surface area contributed by atoms with Crippen LogP contribution in [-0.4, -0.2) is 37.0 Å². The smallest absolute Gasteiger partial charge is 0.0518 e. The molecule has 4 heteroatoms. The summed E-state index contributed by atoms with van der Waals surface area (Å²) < 4.78 is 0. The Balaban J connectivity index is 2.29. The Bertz CT molecular complexity index is 236. The van der Waals surface area contributed by atoms with Gasteiger partial charge in [-0.3, -0.25) is 0 Å². The number of thiophene rings is 1. The minimum atomic E-state index is 0.168. The third-order valence-corrected chi connectivity index (χ3v) is 3.69. The van der Waals surface area contributed by atoms with Gasteiger partial charge in [0.1, 0.15) is 0 Å². The van der Waals surface area contributed by atoms with Gasteiger partial charge in [0.25, 0.3) is 0 Å². The molecule has 0 saturated carbocycles. The predicted octanol–water partition coefficient (Wildman–Crippen LogP) is 2.04. The van der Waals surface area contributed by atoms with Gasteiger partial charge in [0, 0.05) is 23.7 Å². The second-order valence-electron chi connectivity index (χ2n) is 3.38. The summed E-state index contributed by atoms with van der Waals surface area (Å²) in [5.74, 6) is 1.17. The molecule has 1 unspecified atom stereocenters. The van der Waals surface area contributed by atoms with Gasteiger partial charge in [0.2, 0.25) is 0 Å². The van der Waals surface area contributed by atoms with Crippen LogP contribution < -0.4 is 5.73 Å². The maximum atomic E-state index is 6.07. The molecule has 0 amide bonds. The predicted molar refractivity (Wildman–Crippen MR) is 67.1 cm³/mol. The van der Waals surface area contributed by atoms with E-state index < -0.39 is 0 Å². The Kier molecular flexibility index (Phi) is 5.55. The number of rotatable bonds is 6. The zero-order valence-electron chi connectivity index (χ0n) is 8.77. The van der Waals surface area contributed by atoms with Gasteiger partial charge in [-0.2, -0.15) is 11.8 Å². The molecule has 0 aliphatic carbocycles. The molecular weight excluding hydrogens is 212 g/mol. The van der Waals surface area contributed by atoms with Crippen molar-refractivity contribution in [3.63, 3.8) is 0 Å². The van der Waals surface area contributed by atoms with Gasteiger partial charge in [-0.15, -0.1) is 11.3 Å². The van der Waals surface area contributed by atoms with Gasteiger partial charge in [-0.1, -0.05) is 6.07 Å². The fourth-order valence-corrected chi connectivity index (χ4v) is 2.48. The van der Waals surface area contributed by atoms with Crippen molar-refractivity contribution in [1.29, 1.82) is 0 Å². The van der Waals surface area contributed by atoms with Crippen LogP contribution in [0, 0.1) is 0 Å². The maximum Gasteiger partial charge on any atom is 0.0518 e. The van der Waals surface area contributed by atoms with Gasteiger partial charge < -0.3 is 10.6 Å². The van der Waals surface area contributed by atoms with Crippen molar-refractivity contribution in [2.75, 3.05) is 32.1 Å².